The van der Waals surface area contributed by atoms with E-state index in [2.05, 4.69) is 25.2 Å². The standard InChI is InChI=1S/C21H28N2O4/c1-13(2)15-7-6-8-16(12-15)23-17(21(22)24)9-14-10-18(25-3)20(27-5)19(11-14)26-4/h6-8,10-13,17,23H,9H2,1-5H3,(H2,22,24)/t17-/m0/s1. The second kappa shape index (κ2) is 9.16. The molecule has 0 unspecified atom stereocenters. The van der Waals surface area contributed by atoms with Crippen molar-refractivity contribution in [2.75, 3.05) is 26.6 Å². The minimum absolute atomic E-state index is 0.387. The molecule has 1 amide bonds. The Morgan fingerprint density at radius 3 is 2.15 bits per heavy atom. The van der Waals surface area contributed by atoms with Gasteiger partial charge in [0, 0.05) is 12.1 Å². The number of benzene rings is 2. The molecule has 0 aromatic heterocycles. The molecule has 0 heterocycles. The Labute approximate surface area is 160 Å². The molecule has 2 rings (SSSR count). The molecule has 0 bridgehead atoms. The Kier molecular flexibility index (Phi) is 6.93. The van der Waals surface area contributed by atoms with Gasteiger partial charge in [0.15, 0.2) is 11.5 Å². The van der Waals surface area contributed by atoms with Gasteiger partial charge in [0.25, 0.3) is 0 Å². The molecule has 6 nitrogen and oxygen atoms in total. The average molecular weight is 372 g/mol. The first kappa shape index (κ1) is 20.4. The van der Waals surface area contributed by atoms with Crippen molar-refractivity contribution in [2.45, 2.75) is 32.2 Å². The summed E-state index contributed by atoms with van der Waals surface area (Å²) in [5, 5.41) is 3.24. The van der Waals surface area contributed by atoms with E-state index in [0.29, 0.717) is 29.6 Å². The number of carbonyl (C=O) groups excluding carboxylic acids is 1. The molecule has 0 saturated heterocycles. The second-order valence-corrected chi connectivity index (χ2v) is 6.62. The third kappa shape index (κ3) is 5.06. The molecule has 146 valence electrons. The van der Waals surface area contributed by atoms with E-state index in [4.69, 9.17) is 19.9 Å². The number of anilines is 1. The Morgan fingerprint density at radius 2 is 1.67 bits per heavy atom. The van der Waals surface area contributed by atoms with Crippen molar-refractivity contribution in [3.63, 3.8) is 0 Å². The highest BCUT2D eigenvalue weighted by Crippen LogP contribution is 2.38. The Morgan fingerprint density at radius 1 is 1.04 bits per heavy atom. The first-order valence-electron chi connectivity index (χ1n) is 8.84. The van der Waals surface area contributed by atoms with Gasteiger partial charge in [-0.3, -0.25) is 4.79 Å². The molecule has 0 radical (unpaired) electrons. The number of methoxy groups -OCH3 is 3. The number of primary amides is 1. The maximum absolute atomic E-state index is 12.0. The number of nitrogens with one attached hydrogen (secondary N) is 1. The summed E-state index contributed by atoms with van der Waals surface area (Å²) in [6.07, 6.45) is 0.387. The number of hydrogen-bond acceptors (Lipinski definition) is 5. The van der Waals surface area contributed by atoms with Gasteiger partial charge in [-0.2, -0.15) is 0 Å². The molecule has 0 aliphatic carbocycles. The van der Waals surface area contributed by atoms with Crippen LogP contribution in [0.25, 0.3) is 0 Å². The molecule has 0 fully saturated rings. The van der Waals surface area contributed by atoms with Gasteiger partial charge in [-0.25, -0.2) is 0 Å². The van der Waals surface area contributed by atoms with Crippen LogP contribution in [0.1, 0.15) is 30.9 Å². The highest BCUT2D eigenvalue weighted by molar-refractivity contribution is 5.83. The van der Waals surface area contributed by atoms with Gasteiger partial charge >= 0.3 is 0 Å². The van der Waals surface area contributed by atoms with Crippen molar-refractivity contribution in [3.8, 4) is 17.2 Å². The van der Waals surface area contributed by atoms with E-state index in [1.165, 1.54) is 5.56 Å². The lowest BCUT2D eigenvalue weighted by atomic mass is 10.0. The molecule has 6 heteroatoms. The predicted octanol–water partition coefficient (Wildman–Crippen LogP) is 3.34. The maximum atomic E-state index is 12.0. The summed E-state index contributed by atoms with van der Waals surface area (Å²) in [6.45, 7) is 4.25. The van der Waals surface area contributed by atoms with Gasteiger partial charge < -0.3 is 25.3 Å². The predicted molar refractivity (Wildman–Crippen MR) is 107 cm³/mol. The van der Waals surface area contributed by atoms with E-state index < -0.39 is 11.9 Å². The lowest BCUT2D eigenvalue weighted by Crippen LogP contribution is -2.37. The van der Waals surface area contributed by atoms with Crippen molar-refractivity contribution in [3.05, 3.63) is 47.5 Å². The summed E-state index contributed by atoms with van der Waals surface area (Å²) >= 11 is 0. The normalized spacial score (nSPS) is 11.8. The van der Waals surface area contributed by atoms with Crippen LogP contribution in [0.5, 0.6) is 17.2 Å². The minimum Gasteiger partial charge on any atom is -0.493 e. The molecule has 0 saturated carbocycles. The monoisotopic (exact) mass is 372 g/mol. The van der Waals surface area contributed by atoms with Crippen LogP contribution in [0, 0.1) is 0 Å². The largest absolute Gasteiger partial charge is 0.493 e. The lowest BCUT2D eigenvalue weighted by molar-refractivity contribution is -0.118. The van der Waals surface area contributed by atoms with Crippen LogP contribution in [0.3, 0.4) is 0 Å². The Hall–Kier alpha value is -2.89. The number of amides is 1. The number of hydrogen-bond donors (Lipinski definition) is 2. The summed E-state index contributed by atoms with van der Waals surface area (Å²) in [4.78, 5) is 12.0. The van der Waals surface area contributed by atoms with Crippen molar-refractivity contribution in [1.82, 2.24) is 0 Å². The molecule has 2 aromatic rings. The number of nitrogens with two attached hydrogens (primary N) is 1. The molecular formula is C21H28N2O4. The molecule has 0 aliphatic heterocycles. The maximum Gasteiger partial charge on any atom is 0.240 e. The van der Waals surface area contributed by atoms with E-state index in [1.807, 2.05) is 30.3 Å². The van der Waals surface area contributed by atoms with Crippen LogP contribution >= 0.6 is 0 Å². The van der Waals surface area contributed by atoms with E-state index in [9.17, 15) is 4.79 Å². The fourth-order valence-corrected chi connectivity index (χ4v) is 2.90. The fraction of sp³-hybridized carbons (Fsp3) is 0.381. The molecule has 0 spiro atoms. The van der Waals surface area contributed by atoms with Crippen molar-refractivity contribution in [1.29, 1.82) is 0 Å². The van der Waals surface area contributed by atoms with Gasteiger partial charge in [0.05, 0.1) is 21.3 Å². The Bertz CT molecular complexity index is 764. The summed E-state index contributed by atoms with van der Waals surface area (Å²) in [7, 11) is 4.67. The van der Waals surface area contributed by atoms with Crippen LogP contribution in [-0.2, 0) is 11.2 Å². The van der Waals surface area contributed by atoms with Crippen LogP contribution in [-0.4, -0.2) is 33.3 Å². The highest BCUT2D eigenvalue weighted by Gasteiger charge is 2.20. The SMILES string of the molecule is COc1cc(C[C@H](Nc2cccc(C(C)C)c2)C(N)=O)cc(OC)c1OC. The molecule has 0 aliphatic rings. The van der Waals surface area contributed by atoms with Gasteiger partial charge in [-0.15, -0.1) is 0 Å². The quantitative estimate of drug-likeness (QED) is 0.705. The topological polar surface area (TPSA) is 82.8 Å². The van der Waals surface area contributed by atoms with Crippen molar-refractivity contribution >= 4 is 11.6 Å². The molecule has 27 heavy (non-hydrogen) atoms. The van der Waals surface area contributed by atoms with Crippen molar-refractivity contribution < 1.29 is 19.0 Å². The average Bonchev–Trinajstić information content (AvgIpc) is 2.66. The van der Waals surface area contributed by atoms with E-state index >= 15 is 0 Å². The van der Waals surface area contributed by atoms with E-state index in [0.717, 1.165) is 11.3 Å². The molecule has 2 aromatic carbocycles. The number of ether oxygens (including phenoxy) is 3. The van der Waals surface area contributed by atoms with Gasteiger partial charge in [0.2, 0.25) is 11.7 Å². The third-order valence-electron chi connectivity index (χ3n) is 4.40. The Balaban J connectivity index is 2.29. The molecule has 3 N–H and O–H groups in total. The molecule has 1 atom stereocenters. The van der Waals surface area contributed by atoms with E-state index in [1.54, 1.807) is 21.3 Å². The summed E-state index contributed by atoms with van der Waals surface area (Å²) in [5.41, 5.74) is 8.54. The van der Waals surface area contributed by atoms with Gasteiger partial charge in [0.1, 0.15) is 6.04 Å². The summed E-state index contributed by atoms with van der Waals surface area (Å²) < 4.78 is 16.1. The van der Waals surface area contributed by atoms with Crippen LogP contribution in [0.2, 0.25) is 0 Å². The highest BCUT2D eigenvalue weighted by atomic mass is 16.5. The summed E-state index contributed by atoms with van der Waals surface area (Å²) in [5.74, 6) is 1.55. The first-order valence-corrected chi connectivity index (χ1v) is 8.84. The lowest BCUT2D eigenvalue weighted by Gasteiger charge is -2.20. The van der Waals surface area contributed by atoms with E-state index in [-0.39, 0.29) is 0 Å². The summed E-state index contributed by atoms with van der Waals surface area (Å²) in [6, 6.07) is 11.1. The van der Waals surface area contributed by atoms with Crippen LogP contribution in [0.15, 0.2) is 36.4 Å². The van der Waals surface area contributed by atoms with Crippen LogP contribution in [0.4, 0.5) is 5.69 Å². The van der Waals surface area contributed by atoms with Crippen molar-refractivity contribution in [2.24, 2.45) is 5.73 Å². The zero-order valence-electron chi connectivity index (χ0n) is 16.5. The smallest absolute Gasteiger partial charge is 0.240 e. The molecular weight excluding hydrogens is 344 g/mol. The second-order valence-electron chi connectivity index (χ2n) is 6.62. The minimum atomic E-state index is -0.574. The zero-order chi connectivity index (χ0) is 20.0. The van der Waals surface area contributed by atoms with Gasteiger partial charge in [-0.05, 0) is 41.3 Å². The third-order valence-corrected chi connectivity index (χ3v) is 4.40. The first-order chi connectivity index (χ1) is 12.9. The van der Waals surface area contributed by atoms with Crippen LogP contribution < -0.4 is 25.3 Å². The van der Waals surface area contributed by atoms with Gasteiger partial charge in [-0.1, -0.05) is 26.0 Å². The zero-order valence-corrected chi connectivity index (χ0v) is 16.5. The number of carbonyl (C=O) groups is 1. The fourth-order valence-electron chi connectivity index (χ4n) is 2.90. The number of rotatable bonds is 9.